The average molecular weight is 293 g/mol. The Hall–Kier alpha value is -1.62. The first-order valence-electron chi connectivity index (χ1n) is 7.61. The van der Waals surface area contributed by atoms with Gasteiger partial charge in [0.1, 0.15) is 5.82 Å². The maximum atomic E-state index is 13.5. The number of guanidine groups is 1. The molecule has 0 saturated heterocycles. The van der Waals surface area contributed by atoms with Crippen molar-refractivity contribution in [2.75, 3.05) is 19.6 Å². The molecule has 0 atom stereocenters. The van der Waals surface area contributed by atoms with E-state index in [1.165, 1.54) is 6.07 Å². The van der Waals surface area contributed by atoms with Crippen molar-refractivity contribution in [3.05, 3.63) is 35.6 Å². The van der Waals surface area contributed by atoms with E-state index >= 15 is 0 Å². The van der Waals surface area contributed by atoms with Gasteiger partial charge in [0.05, 0.1) is 12.1 Å². The Morgan fingerprint density at radius 2 is 2.10 bits per heavy atom. The third-order valence-electron chi connectivity index (χ3n) is 3.80. The van der Waals surface area contributed by atoms with Crippen molar-refractivity contribution in [3.63, 3.8) is 0 Å². The Morgan fingerprint density at radius 1 is 1.33 bits per heavy atom. The van der Waals surface area contributed by atoms with Crippen LogP contribution in [0.4, 0.5) is 4.39 Å². The summed E-state index contributed by atoms with van der Waals surface area (Å²) in [6, 6.07) is 6.79. The van der Waals surface area contributed by atoms with E-state index in [1.807, 2.05) is 13.0 Å². The van der Waals surface area contributed by atoms with Gasteiger partial charge in [0.25, 0.3) is 0 Å². The fourth-order valence-corrected chi connectivity index (χ4v) is 2.33. The summed E-state index contributed by atoms with van der Waals surface area (Å²) in [6.45, 7) is 3.77. The van der Waals surface area contributed by atoms with Crippen molar-refractivity contribution < 1.29 is 9.50 Å². The first-order chi connectivity index (χ1) is 10.1. The van der Waals surface area contributed by atoms with E-state index in [9.17, 15) is 9.50 Å². The summed E-state index contributed by atoms with van der Waals surface area (Å²) < 4.78 is 13.5. The molecule has 1 aromatic rings. The van der Waals surface area contributed by atoms with Crippen LogP contribution in [0.1, 0.15) is 31.7 Å². The number of rotatable bonds is 6. The topological polar surface area (TPSA) is 56.7 Å². The first-order valence-corrected chi connectivity index (χ1v) is 7.61. The predicted octanol–water partition coefficient (Wildman–Crippen LogP) is 1.84. The minimum Gasteiger partial charge on any atom is -0.388 e. The maximum absolute atomic E-state index is 13.5. The van der Waals surface area contributed by atoms with E-state index in [2.05, 4.69) is 15.6 Å². The van der Waals surface area contributed by atoms with Crippen LogP contribution in [0, 0.1) is 5.82 Å². The van der Waals surface area contributed by atoms with Gasteiger partial charge < -0.3 is 15.7 Å². The highest BCUT2D eigenvalue weighted by Crippen LogP contribution is 2.31. The molecule has 5 heteroatoms. The lowest BCUT2D eigenvalue weighted by molar-refractivity contribution is -0.0236. The Morgan fingerprint density at radius 3 is 2.71 bits per heavy atom. The molecule has 2 rings (SSSR count). The molecule has 3 N–H and O–H groups in total. The molecule has 0 amide bonds. The van der Waals surface area contributed by atoms with E-state index in [0.29, 0.717) is 31.0 Å². The zero-order valence-electron chi connectivity index (χ0n) is 12.5. The van der Waals surface area contributed by atoms with Gasteiger partial charge in [-0.3, -0.25) is 4.99 Å². The number of benzene rings is 1. The summed E-state index contributed by atoms with van der Waals surface area (Å²) in [4.78, 5) is 4.41. The molecule has 0 radical (unpaired) electrons. The van der Waals surface area contributed by atoms with Gasteiger partial charge in [-0.2, -0.15) is 0 Å². The van der Waals surface area contributed by atoms with Crippen molar-refractivity contribution in [1.82, 2.24) is 10.6 Å². The second kappa shape index (κ2) is 7.41. The Kier molecular flexibility index (Phi) is 5.56. The van der Waals surface area contributed by atoms with Crippen LogP contribution in [0.25, 0.3) is 0 Å². The predicted molar refractivity (Wildman–Crippen MR) is 82.9 cm³/mol. The van der Waals surface area contributed by atoms with Crippen molar-refractivity contribution in [2.45, 2.75) is 38.2 Å². The van der Waals surface area contributed by atoms with Gasteiger partial charge in [0, 0.05) is 13.1 Å². The van der Waals surface area contributed by atoms with Crippen LogP contribution < -0.4 is 10.6 Å². The summed E-state index contributed by atoms with van der Waals surface area (Å²) in [7, 11) is 0. The van der Waals surface area contributed by atoms with Crippen LogP contribution in [-0.4, -0.2) is 36.3 Å². The van der Waals surface area contributed by atoms with Crippen molar-refractivity contribution in [3.8, 4) is 0 Å². The summed E-state index contributed by atoms with van der Waals surface area (Å²) in [5, 5.41) is 16.4. The zero-order valence-corrected chi connectivity index (χ0v) is 12.5. The SMILES string of the molecule is CCNC(=NCC1(O)CCC1)NCCc1ccccc1F. The molecule has 1 saturated carbocycles. The highest BCUT2D eigenvalue weighted by Gasteiger charge is 2.34. The number of aliphatic imine (C=N–C) groups is 1. The number of nitrogens with zero attached hydrogens (tertiary/aromatic N) is 1. The zero-order chi connectivity index (χ0) is 15.1. The molecule has 0 spiro atoms. The molecule has 0 aliphatic heterocycles. The van der Waals surface area contributed by atoms with E-state index < -0.39 is 5.60 Å². The molecule has 1 aromatic carbocycles. The fraction of sp³-hybridized carbons (Fsp3) is 0.562. The van der Waals surface area contributed by atoms with Crippen LogP contribution in [0.5, 0.6) is 0 Å². The smallest absolute Gasteiger partial charge is 0.191 e. The second-order valence-electron chi connectivity index (χ2n) is 5.54. The quantitative estimate of drug-likeness (QED) is 0.554. The van der Waals surface area contributed by atoms with Gasteiger partial charge in [-0.1, -0.05) is 18.2 Å². The van der Waals surface area contributed by atoms with E-state index in [1.54, 1.807) is 12.1 Å². The molecule has 0 aromatic heterocycles. The van der Waals surface area contributed by atoms with Crippen LogP contribution >= 0.6 is 0 Å². The lowest BCUT2D eigenvalue weighted by Crippen LogP contribution is -2.43. The fourth-order valence-electron chi connectivity index (χ4n) is 2.33. The molecule has 0 bridgehead atoms. The summed E-state index contributed by atoms with van der Waals surface area (Å²) in [5.41, 5.74) is 0.0759. The monoisotopic (exact) mass is 293 g/mol. The number of halogens is 1. The Bertz CT molecular complexity index is 486. The van der Waals surface area contributed by atoms with Crippen LogP contribution in [-0.2, 0) is 6.42 Å². The molecule has 1 fully saturated rings. The molecule has 116 valence electrons. The molecule has 0 unspecified atom stereocenters. The van der Waals surface area contributed by atoms with E-state index in [-0.39, 0.29) is 5.82 Å². The van der Waals surface area contributed by atoms with Gasteiger partial charge in [0.15, 0.2) is 5.96 Å². The van der Waals surface area contributed by atoms with Gasteiger partial charge in [0.2, 0.25) is 0 Å². The molecular formula is C16H24FN3O. The van der Waals surface area contributed by atoms with Crippen LogP contribution in [0.15, 0.2) is 29.3 Å². The lowest BCUT2D eigenvalue weighted by Gasteiger charge is -2.35. The largest absolute Gasteiger partial charge is 0.388 e. The number of hydrogen-bond acceptors (Lipinski definition) is 2. The molecule has 21 heavy (non-hydrogen) atoms. The standard InChI is InChI=1S/C16H24FN3O/c1-2-18-15(20-12-16(21)9-5-10-16)19-11-8-13-6-3-4-7-14(13)17/h3-4,6-7,21H,2,5,8-12H2,1H3,(H2,18,19,20). The number of hydrogen-bond donors (Lipinski definition) is 3. The van der Waals surface area contributed by atoms with Gasteiger partial charge in [-0.05, 0) is 44.2 Å². The minimum absolute atomic E-state index is 0.176. The van der Waals surface area contributed by atoms with Crippen LogP contribution in [0.3, 0.4) is 0 Å². The highest BCUT2D eigenvalue weighted by molar-refractivity contribution is 5.79. The number of aliphatic hydroxyl groups is 1. The normalized spacial score (nSPS) is 17.2. The number of nitrogens with one attached hydrogen (secondary N) is 2. The second-order valence-corrected chi connectivity index (χ2v) is 5.54. The van der Waals surface area contributed by atoms with Crippen LogP contribution in [0.2, 0.25) is 0 Å². The van der Waals surface area contributed by atoms with Gasteiger partial charge >= 0.3 is 0 Å². The summed E-state index contributed by atoms with van der Waals surface area (Å²) >= 11 is 0. The molecule has 4 nitrogen and oxygen atoms in total. The van der Waals surface area contributed by atoms with Crippen molar-refractivity contribution in [1.29, 1.82) is 0 Å². The van der Waals surface area contributed by atoms with E-state index in [0.717, 1.165) is 25.8 Å². The maximum Gasteiger partial charge on any atom is 0.191 e. The molecular weight excluding hydrogens is 269 g/mol. The first kappa shape index (κ1) is 15.8. The Balaban J connectivity index is 1.82. The minimum atomic E-state index is -0.617. The third-order valence-corrected chi connectivity index (χ3v) is 3.80. The van der Waals surface area contributed by atoms with Gasteiger partial charge in [-0.15, -0.1) is 0 Å². The summed E-state index contributed by atoms with van der Waals surface area (Å²) in [6.07, 6.45) is 3.32. The molecule has 1 aliphatic carbocycles. The highest BCUT2D eigenvalue weighted by atomic mass is 19.1. The van der Waals surface area contributed by atoms with Gasteiger partial charge in [-0.25, -0.2) is 4.39 Å². The van der Waals surface area contributed by atoms with E-state index in [4.69, 9.17) is 0 Å². The van der Waals surface area contributed by atoms with Crippen molar-refractivity contribution in [2.24, 2.45) is 4.99 Å². The third kappa shape index (κ3) is 4.70. The average Bonchev–Trinajstić information content (AvgIpc) is 2.45. The summed E-state index contributed by atoms with van der Waals surface area (Å²) in [5.74, 6) is 0.499. The lowest BCUT2D eigenvalue weighted by atomic mass is 9.80. The molecule has 1 aliphatic rings. The molecule has 0 heterocycles. The van der Waals surface area contributed by atoms with Crippen molar-refractivity contribution >= 4 is 5.96 Å². The Labute approximate surface area is 125 Å².